The third-order valence-corrected chi connectivity index (χ3v) is 6.76. The molecule has 0 aromatic rings. The van der Waals surface area contributed by atoms with Gasteiger partial charge in [-0.05, 0) is 38.5 Å². The maximum Gasteiger partial charge on any atom is 0.220 e. The molecule has 1 saturated heterocycles. The van der Waals surface area contributed by atoms with Crippen LogP contribution in [0.15, 0.2) is 36.5 Å². The van der Waals surface area contributed by atoms with Gasteiger partial charge in [-0.25, -0.2) is 0 Å². The van der Waals surface area contributed by atoms with Crippen molar-refractivity contribution in [1.82, 2.24) is 5.32 Å². The normalized spacial score (nSPS) is 25.6. The Balaban J connectivity index is 2.36. The molecule has 6 N–H and O–H groups in total. The minimum absolute atomic E-state index is 0.214. The van der Waals surface area contributed by atoms with Gasteiger partial charge in [0.2, 0.25) is 5.91 Å². The Morgan fingerprint density at radius 1 is 0.846 bits per heavy atom. The van der Waals surface area contributed by atoms with Crippen molar-refractivity contribution in [3.8, 4) is 0 Å². The van der Waals surface area contributed by atoms with E-state index < -0.39 is 49.5 Å². The highest BCUT2D eigenvalue weighted by Gasteiger charge is 2.44. The first-order chi connectivity index (χ1) is 18.8. The molecule has 1 aliphatic heterocycles. The number of allylic oxidation sites excluding steroid dienone is 5. The molecule has 0 bridgehead atoms. The van der Waals surface area contributed by atoms with Crippen molar-refractivity contribution in [2.75, 3.05) is 13.2 Å². The fourth-order valence-electron chi connectivity index (χ4n) is 4.21. The third kappa shape index (κ3) is 15.1. The van der Waals surface area contributed by atoms with E-state index in [1.54, 1.807) is 13.0 Å². The molecule has 7 unspecified atom stereocenters. The molecule has 1 fully saturated rings. The monoisotopic (exact) mass is 555 g/mol. The number of hydrogen-bond donors (Lipinski definition) is 6. The van der Waals surface area contributed by atoms with E-state index in [0.29, 0.717) is 0 Å². The van der Waals surface area contributed by atoms with E-state index in [2.05, 4.69) is 36.5 Å². The van der Waals surface area contributed by atoms with E-state index >= 15 is 0 Å². The van der Waals surface area contributed by atoms with Crippen LogP contribution in [0.5, 0.6) is 0 Å². The summed E-state index contributed by atoms with van der Waals surface area (Å²) in [5.41, 5.74) is 0. The van der Waals surface area contributed by atoms with Gasteiger partial charge in [0.05, 0.1) is 25.4 Å². The topological polar surface area (TPSA) is 149 Å². The predicted molar refractivity (Wildman–Crippen MR) is 152 cm³/mol. The summed E-state index contributed by atoms with van der Waals surface area (Å²) >= 11 is 0. The predicted octanol–water partition coefficient (Wildman–Crippen LogP) is 3.04. The molecule has 7 atom stereocenters. The second-order valence-corrected chi connectivity index (χ2v) is 10.1. The van der Waals surface area contributed by atoms with Crippen molar-refractivity contribution in [2.45, 2.75) is 134 Å². The van der Waals surface area contributed by atoms with Crippen LogP contribution < -0.4 is 5.32 Å². The summed E-state index contributed by atoms with van der Waals surface area (Å²) in [6.07, 6.45) is 17.1. The summed E-state index contributed by atoms with van der Waals surface area (Å²) in [5.74, 6) is -0.284. The first-order valence-electron chi connectivity index (χ1n) is 14.7. The molecular formula is C30H53NO8. The summed E-state index contributed by atoms with van der Waals surface area (Å²) < 4.78 is 10.9. The van der Waals surface area contributed by atoms with Crippen LogP contribution >= 0.6 is 0 Å². The van der Waals surface area contributed by atoms with Gasteiger partial charge in [0.1, 0.15) is 24.4 Å². The number of hydrogen-bond acceptors (Lipinski definition) is 8. The summed E-state index contributed by atoms with van der Waals surface area (Å²) in [5, 5.41) is 52.6. The molecular weight excluding hydrogens is 502 g/mol. The second kappa shape index (κ2) is 22.1. The Kier molecular flexibility index (Phi) is 20.1. The first-order valence-corrected chi connectivity index (χ1v) is 14.7. The molecule has 0 spiro atoms. The number of nitrogens with one attached hydrogen (secondary N) is 1. The van der Waals surface area contributed by atoms with Crippen molar-refractivity contribution >= 4 is 5.91 Å². The van der Waals surface area contributed by atoms with Crippen LogP contribution in [0.4, 0.5) is 0 Å². The number of aliphatic hydroxyl groups excluding tert-OH is 5. The molecule has 1 rings (SSSR count). The smallest absolute Gasteiger partial charge is 0.220 e. The zero-order valence-electron chi connectivity index (χ0n) is 23.9. The molecule has 0 aromatic heterocycles. The lowest BCUT2D eigenvalue weighted by Crippen LogP contribution is -2.60. The molecule has 226 valence electrons. The van der Waals surface area contributed by atoms with Gasteiger partial charge < -0.3 is 40.3 Å². The lowest BCUT2D eigenvalue weighted by Gasteiger charge is -2.40. The zero-order chi connectivity index (χ0) is 28.9. The van der Waals surface area contributed by atoms with E-state index in [0.717, 1.165) is 32.1 Å². The van der Waals surface area contributed by atoms with Gasteiger partial charge in [-0.3, -0.25) is 4.79 Å². The molecule has 0 aromatic carbocycles. The largest absolute Gasteiger partial charge is 0.394 e. The van der Waals surface area contributed by atoms with Crippen LogP contribution in [0, 0.1) is 0 Å². The lowest BCUT2D eigenvalue weighted by molar-refractivity contribution is -0.302. The van der Waals surface area contributed by atoms with Crippen molar-refractivity contribution in [3.63, 3.8) is 0 Å². The van der Waals surface area contributed by atoms with Crippen molar-refractivity contribution in [2.24, 2.45) is 0 Å². The fourth-order valence-corrected chi connectivity index (χ4v) is 4.21. The summed E-state index contributed by atoms with van der Waals surface area (Å²) in [4.78, 5) is 12.0. The second-order valence-electron chi connectivity index (χ2n) is 10.1. The van der Waals surface area contributed by atoms with Gasteiger partial charge in [-0.1, -0.05) is 82.4 Å². The molecule has 1 aliphatic rings. The van der Waals surface area contributed by atoms with E-state index in [1.807, 2.05) is 6.08 Å². The third-order valence-electron chi connectivity index (χ3n) is 6.76. The highest BCUT2D eigenvalue weighted by molar-refractivity contribution is 5.75. The van der Waals surface area contributed by atoms with Crippen molar-refractivity contribution < 1.29 is 39.8 Å². The SMILES string of the molecule is CCCCCCCC/C=C/CC/C=C/CC/C=C/C(O)C(COC1OC(CO)C(O)C(O)C1O)NC(=O)CC. The number of ether oxygens (including phenoxy) is 2. The Hall–Kier alpha value is -1.59. The van der Waals surface area contributed by atoms with Gasteiger partial charge in [0.25, 0.3) is 0 Å². The van der Waals surface area contributed by atoms with Gasteiger partial charge in [-0.2, -0.15) is 0 Å². The van der Waals surface area contributed by atoms with Crippen molar-refractivity contribution in [1.29, 1.82) is 0 Å². The molecule has 1 amide bonds. The maximum atomic E-state index is 12.0. The number of aliphatic hydroxyl groups is 5. The van der Waals surface area contributed by atoms with Crippen LogP contribution in [0.1, 0.15) is 90.9 Å². The van der Waals surface area contributed by atoms with E-state index in [4.69, 9.17) is 9.47 Å². The van der Waals surface area contributed by atoms with E-state index in [-0.39, 0.29) is 18.9 Å². The van der Waals surface area contributed by atoms with Crippen LogP contribution in [0.2, 0.25) is 0 Å². The minimum atomic E-state index is -1.57. The van der Waals surface area contributed by atoms with Crippen molar-refractivity contribution in [3.05, 3.63) is 36.5 Å². The molecule has 9 nitrogen and oxygen atoms in total. The zero-order valence-corrected chi connectivity index (χ0v) is 23.9. The highest BCUT2D eigenvalue weighted by atomic mass is 16.7. The molecule has 0 saturated carbocycles. The average molecular weight is 556 g/mol. The minimum Gasteiger partial charge on any atom is -0.394 e. The Labute approximate surface area is 234 Å². The molecule has 39 heavy (non-hydrogen) atoms. The summed E-state index contributed by atoms with van der Waals surface area (Å²) in [7, 11) is 0. The lowest BCUT2D eigenvalue weighted by atomic mass is 9.99. The highest BCUT2D eigenvalue weighted by Crippen LogP contribution is 2.22. The van der Waals surface area contributed by atoms with Gasteiger partial charge in [0, 0.05) is 6.42 Å². The van der Waals surface area contributed by atoms with Gasteiger partial charge >= 0.3 is 0 Å². The van der Waals surface area contributed by atoms with Crippen LogP contribution in [0.25, 0.3) is 0 Å². The van der Waals surface area contributed by atoms with Crippen LogP contribution in [0.3, 0.4) is 0 Å². The number of carbonyl (C=O) groups is 1. The Morgan fingerprint density at radius 2 is 1.44 bits per heavy atom. The van der Waals surface area contributed by atoms with Gasteiger partial charge in [-0.15, -0.1) is 0 Å². The molecule has 9 heteroatoms. The van der Waals surface area contributed by atoms with E-state index in [1.165, 1.54) is 38.5 Å². The van der Waals surface area contributed by atoms with E-state index in [9.17, 15) is 30.3 Å². The summed E-state index contributed by atoms with van der Waals surface area (Å²) in [6.45, 7) is 3.13. The molecule has 1 heterocycles. The van der Waals surface area contributed by atoms with Crippen LogP contribution in [-0.2, 0) is 14.3 Å². The quantitative estimate of drug-likeness (QED) is 0.0935. The number of rotatable bonds is 21. The summed E-state index contributed by atoms with van der Waals surface area (Å²) in [6, 6.07) is -0.820. The molecule has 0 aliphatic carbocycles. The van der Waals surface area contributed by atoms with Gasteiger partial charge in [0.15, 0.2) is 6.29 Å². The Bertz CT molecular complexity index is 711. The number of carbonyl (C=O) groups excluding carboxylic acids is 1. The number of unbranched alkanes of at least 4 members (excludes halogenated alkanes) is 8. The maximum absolute atomic E-state index is 12.0. The Morgan fingerprint density at radius 3 is 2.05 bits per heavy atom. The molecule has 0 radical (unpaired) electrons. The van der Waals surface area contributed by atoms with Crippen LogP contribution in [-0.4, -0.2) is 87.5 Å². The number of amides is 1. The first kappa shape index (κ1) is 35.4. The average Bonchev–Trinajstić information content (AvgIpc) is 2.94. The standard InChI is InChI=1S/C30H53NO8/c1-3-5-6-7-8-9-10-11-12-13-14-15-16-17-18-19-20-24(33)23(31-26(34)4-2)22-38-30-29(37)28(36)27(35)25(21-32)39-30/h11-12,15-16,19-20,23-25,27-30,32-33,35-37H,3-10,13-14,17-18,21-22H2,1-2H3,(H,31,34)/b12-11+,16-15+,20-19+. The fraction of sp³-hybridized carbons (Fsp3) is 0.767.